The molecule has 1 saturated heterocycles. The Kier molecular flexibility index (Phi) is 7.89. The molecule has 0 saturated carbocycles. The number of allylic oxidation sites excluding steroid dienone is 1. The fourth-order valence-corrected chi connectivity index (χ4v) is 7.87. The molecule has 0 bridgehead atoms. The van der Waals surface area contributed by atoms with Gasteiger partial charge in [0.25, 0.3) is 5.91 Å². The Morgan fingerprint density at radius 3 is 2.62 bits per heavy atom. The predicted molar refractivity (Wildman–Crippen MR) is 166 cm³/mol. The number of benzene rings is 2. The highest BCUT2D eigenvalue weighted by Crippen LogP contribution is 2.41. The van der Waals surface area contributed by atoms with Crippen LogP contribution in [0, 0.1) is 13.8 Å². The van der Waals surface area contributed by atoms with Crippen LogP contribution >= 0.6 is 11.3 Å². The zero-order valence-corrected chi connectivity index (χ0v) is 25.5. The fraction of sp³-hybridized carbons (Fsp3) is 0.312. The van der Waals surface area contributed by atoms with Crippen LogP contribution in [-0.2, 0) is 21.4 Å². The van der Waals surface area contributed by atoms with E-state index < -0.39 is 16.1 Å². The summed E-state index contributed by atoms with van der Waals surface area (Å²) in [5.74, 6) is -0.262. The van der Waals surface area contributed by atoms with Gasteiger partial charge in [0.15, 0.2) is 0 Å². The smallest absolute Gasteiger partial charge is 0.304 e. The Hall–Kier alpha value is -3.57. The van der Waals surface area contributed by atoms with Gasteiger partial charge in [-0.05, 0) is 74.1 Å². The molecule has 1 amide bonds. The number of amides is 1. The van der Waals surface area contributed by atoms with Crippen molar-refractivity contribution in [2.24, 2.45) is 0 Å². The molecule has 42 heavy (non-hydrogen) atoms. The van der Waals surface area contributed by atoms with Gasteiger partial charge in [0.1, 0.15) is 11.9 Å². The van der Waals surface area contributed by atoms with Crippen molar-refractivity contribution < 1.29 is 22.7 Å². The van der Waals surface area contributed by atoms with E-state index in [1.54, 1.807) is 17.4 Å². The molecule has 1 fully saturated rings. The predicted octanol–water partition coefficient (Wildman–Crippen LogP) is 5.99. The summed E-state index contributed by atoms with van der Waals surface area (Å²) >= 11 is 1.65. The van der Waals surface area contributed by atoms with Crippen LogP contribution in [0.5, 0.6) is 5.75 Å². The van der Waals surface area contributed by atoms with E-state index in [1.165, 1.54) is 14.7 Å². The van der Waals surface area contributed by atoms with Crippen LogP contribution in [0.1, 0.15) is 56.9 Å². The minimum absolute atomic E-state index is 0.181. The summed E-state index contributed by atoms with van der Waals surface area (Å²) in [6.45, 7) is 6.89. The number of nitrogens with zero attached hydrogens (tertiary/aromatic N) is 2. The van der Waals surface area contributed by atoms with Gasteiger partial charge in [0, 0.05) is 18.0 Å². The van der Waals surface area contributed by atoms with Crippen LogP contribution in [0.3, 0.4) is 0 Å². The highest BCUT2D eigenvalue weighted by Gasteiger charge is 2.29. The van der Waals surface area contributed by atoms with E-state index in [1.807, 2.05) is 56.3 Å². The quantitative estimate of drug-likeness (QED) is 0.279. The van der Waals surface area contributed by atoms with E-state index in [2.05, 4.69) is 23.8 Å². The normalized spacial score (nSPS) is 16.3. The maximum absolute atomic E-state index is 14.0. The molecule has 1 aliphatic heterocycles. The van der Waals surface area contributed by atoms with Crippen molar-refractivity contribution in [3.8, 4) is 16.3 Å². The van der Waals surface area contributed by atoms with E-state index in [-0.39, 0.29) is 38.0 Å². The number of carbonyl (C=O) groups is 1. The number of rotatable bonds is 7. The zero-order chi connectivity index (χ0) is 29.4. The largest absolute Gasteiger partial charge is 0.485 e. The van der Waals surface area contributed by atoms with E-state index in [0.29, 0.717) is 22.3 Å². The van der Waals surface area contributed by atoms with Crippen molar-refractivity contribution in [3.05, 3.63) is 87.3 Å². The van der Waals surface area contributed by atoms with E-state index >= 15 is 0 Å². The van der Waals surface area contributed by atoms with E-state index in [9.17, 15) is 13.2 Å². The van der Waals surface area contributed by atoms with Crippen molar-refractivity contribution in [3.63, 3.8) is 0 Å². The van der Waals surface area contributed by atoms with Crippen LogP contribution in [0.25, 0.3) is 27.6 Å². The molecule has 8 nitrogen and oxygen atoms in total. The third kappa shape index (κ3) is 5.47. The maximum atomic E-state index is 14.0. The summed E-state index contributed by atoms with van der Waals surface area (Å²) in [5, 5.41) is 0.482. The Bertz CT molecular complexity index is 1790. The van der Waals surface area contributed by atoms with Crippen molar-refractivity contribution in [1.82, 2.24) is 14.0 Å². The fourth-order valence-electron chi connectivity index (χ4n) is 5.52. The molecule has 1 aliphatic carbocycles. The summed E-state index contributed by atoms with van der Waals surface area (Å²) in [6.07, 6.45) is 5.95. The molecule has 0 radical (unpaired) electrons. The lowest BCUT2D eigenvalue weighted by Gasteiger charge is -2.26. The molecule has 218 valence electrons. The van der Waals surface area contributed by atoms with Gasteiger partial charge >= 0.3 is 10.2 Å². The molecular weight excluding hydrogens is 571 g/mol. The maximum Gasteiger partial charge on any atom is 0.304 e. The standard InChI is InChI=1S/C32H33N3O5S2/c1-20-13-14-27(40-22(3)23-9-5-4-6-10-23)29-25(32(36)34-42(37,38)35-15-17-39-18-16-35)19-26(33-30(20)29)31-21(2)24-11-7-8-12-28(24)41-31/h4-6,8-10,12-14,19,22H,7,11,15-18H2,1-3H3,(H,34,36). The lowest BCUT2D eigenvalue weighted by Crippen LogP contribution is -2.48. The summed E-state index contributed by atoms with van der Waals surface area (Å²) in [6, 6.07) is 15.3. The van der Waals surface area contributed by atoms with Gasteiger partial charge < -0.3 is 9.47 Å². The minimum Gasteiger partial charge on any atom is -0.485 e. The second-order valence-corrected chi connectivity index (χ2v) is 13.3. The molecule has 2 aromatic carbocycles. The first-order valence-electron chi connectivity index (χ1n) is 14.1. The summed E-state index contributed by atoms with van der Waals surface area (Å²) in [4.78, 5) is 21.2. The molecule has 2 aliphatic rings. The van der Waals surface area contributed by atoms with E-state index in [4.69, 9.17) is 14.5 Å². The number of pyridine rings is 1. The molecule has 2 aromatic heterocycles. The Balaban J connectivity index is 1.50. The Morgan fingerprint density at radius 1 is 1.12 bits per heavy atom. The lowest BCUT2D eigenvalue weighted by atomic mass is 9.98. The van der Waals surface area contributed by atoms with Gasteiger partial charge in [-0.25, -0.2) is 9.71 Å². The van der Waals surface area contributed by atoms with Crippen LogP contribution in [0.2, 0.25) is 0 Å². The summed E-state index contributed by atoms with van der Waals surface area (Å²) in [5.41, 5.74) is 5.71. The number of hydrogen-bond donors (Lipinski definition) is 1. The SMILES string of the molecule is Cc1c(-c2cc(C(=O)NS(=O)(=O)N3CCOCC3)c3c(OC(C)c4ccccc4)ccc(C)c3n2)sc2c1CCC=C2. The molecule has 6 rings (SSSR count). The minimum atomic E-state index is -4.09. The number of morpholine rings is 1. The van der Waals surface area contributed by atoms with Crippen LogP contribution < -0.4 is 9.46 Å². The molecule has 1 unspecified atom stereocenters. The van der Waals surface area contributed by atoms with Crippen LogP contribution in [0.4, 0.5) is 0 Å². The third-order valence-corrected chi connectivity index (χ3v) is 10.6. The highest BCUT2D eigenvalue weighted by atomic mass is 32.2. The Labute approximate surface area is 250 Å². The van der Waals surface area contributed by atoms with Crippen LogP contribution in [-0.4, -0.2) is 49.9 Å². The molecule has 1 atom stereocenters. The number of carbonyl (C=O) groups excluding carboxylic acids is 1. The number of ether oxygens (including phenoxy) is 2. The average molecular weight is 604 g/mol. The average Bonchev–Trinajstić information content (AvgIpc) is 3.35. The molecule has 3 heterocycles. The summed E-state index contributed by atoms with van der Waals surface area (Å²) in [7, 11) is -4.09. The topological polar surface area (TPSA) is 97.8 Å². The first-order chi connectivity index (χ1) is 20.2. The van der Waals surface area contributed by atoms with Crippen LogP contribution in [0.15, 0.2) is 54.6 Å². The monoisotopic (exact) mass is 603 g/mol. The molecule has 4 aromatic rings. The number of aromatic nitrogens is 1. The lowest BCUT2D eigenvalue weighted by molar-refractivity contribution is 0.0719. The molecule has 10 heteroatoms. The molecule has 1 N–H and O–H groups in total. The van der Waals surface area contributed by atoms with Crippen molar-refractivity contribution in [2.45, 2.75) is 39.7 Å². The van der Waals surface area contributed by atoms with Crippen molar-refractivity contribution in [2.75, 3.05) is 26.3 Å². The van der Waals surface area contributed by atoms with Crippen molar-refractivity contribution >= 4 is 44.4 Å². The van der Waals surface area contributed by atoms with Gasteiger partial charge in [-0.2, -0.15) is 12.7 Å². The van der Waals surface area contributed by atoms with Gasteiger partial charge in [-0.3, -0.25) is 4.79 Å². The first kappa shape index (κ1) is 28.5. The first-order valence-corrected chi connectivity index (χ1v) is 16.3. The van der Waals surface area contributed by atoms with E-state index in [0.717, 1.165) is 34.4 Å². The number of hydrogen-bond acceptors (Lipinski definition) is 7. The highest BCUT2D eigenvalue weighted by molar-refractivity contribution is 7.87. The van der Waals surface area contributed by atoms with Gasteiger partial charge in [-0.1, -0.05) is 42.5 Å². The molecular formula is C32H33N3O5S2. The number of fused-ring (bicyclic) bond motifs is 2. The van der Waals surface area contributed by atoms with Crippen molar-refractivity contribution in [1.29, 1.82) is 0 Å². The van der Waals surface area contributed by atoms with Gasteiger partial charge in [0.2, 0.25) is 0 Å². The number of thiophene rings is 1. The Morgan fingerprint density at radius 2 is 1.88 bits per heavy atom. The van der Waals surface area contributed by atoms with Gasteiger partial charge in [-0.15, -0.1) is 11.3 Å². The second-order valence-electron chi connectivity index (χ2n) is 10.6. The molecule has 0 spiro atoms. The summed E-state index contributed by atoms with van der Waals surface area (Å²) < 4.78 is 41.8. The second kappa shape index (κ2) is 11.6. The number of aryl methyl sites for hydroxylation is 1. The number of nitrogens with one attached hydrogen (secondary N) is 1. The van der Waals surface area contributed by atoms with Gasteiger partial charge in [0.05, 0.1) is 40.3 Å². The third-order valence-electron chi connectivity index (χ3n) is 7.84. The zero-order valence-electron chi connectivity index (χ0n) is 23.8.